The zero-order valence-corrected chi connectivity index (χ0v) is 17.5. The van der Waals surface area contributed by atoms with E-state index in [9.17, 15) is 4.39 Å². The van der Waals surface area contributed by atoms with Crippen molar-refractivity contribution < 1.29 is 13.5 Å². The van der Waals surface area contributed by atoms with Gasteiger partial charge in [0.05, 0.1) is 10.9 Å². The molecule has 0 spiro atoms. The first kappa shape index (κ1) is 20.4. The van der Waals surface area contributed by atoms with Gasteiger partial charge in [0.1, 0.15) is 11.6 Å². The van der Waals surface area contributed by atoms with Gasteiger partial charge in [-0.2, -0.15) is 0 Å². The molecule has 7 heteroatoms. The van der Waals surface area contributed by atoms with Crippen LogP contribution in [-0.4, -0.2) is 10.2 Å². The Labute approximate surface area is 183 Å². The van der Waals surface area contributed by atoms with Crippen molar-refractivity contribution >= 4 is 23.2 Å². The molecule has 0 aliphatic heterocycles. The largest absolute Gasteiger partial charge is 0.482 e. The molecule has 0 aliphatic carbocycles. The lowest BCUT2D eigenvalue weighted by Crippen LogP contribution is -1.98. The normalized spacial score (nSPS) is 12.0. The van der Waals surface area contributed by atoms with Gasteiger partial charge in [-0.1, -0.05) is 65.7 Å². The Morgan fingerprint density at radius 1 is 1.00 bits per heavy atom. The lowest BCUT2D eigenvalue weighted by atomic mass is 9.97. The van der Waals surface area contributed by atoms with Crippen LogP contribution in [0.15, 0.2) is 71.1 Å². The first-order valence-corrected chi connectivity index (χ1v) is 10.0. The molecule has 1 atom stereocenters. The van der Waals surface area contributed by atoms with Crippen molar-refractivity contribution in [1.29, 1.82) is 0 Å². The Bertz CT molecular complexity index is 1170. The highest BCUT2D eigenvalue weighted by Crippen LogP contribution is 2.30. The van der Waals surface area contributed by atoms with Crippen LogP contribution in [0.2, 0.25) is 10.0 Å². The summed E-state index contributed by atoms with van der Waals surface area (Å²) in [5, 5.41) is 9.00. The Balaban J connectivity index is 1.47. The van der Waals surface area contributed by atoms with Gasteiger partial charge in [-0.25, -0.2) is 4.39 Å². The molecule has 0 radical (unpaired) electrons. The SMILES string of the molecule is CC(c1ccc(-c2ccccc2)c(F)c1)c1nnc(COc2ccc(Cl)cc2Cl)o1. The third-order valence-corrected chi connectivity index (χ3v) is 5.21. The molecule has 1 aromatic heterocycles. The van der Waals surface area contributed by atoms with E-state index >= 15 is 0 Å². The Kier molecular flexibility index (Phi) is 6.02. The lowest BCUT2D eigenvalue weighted by molar-refractivity contribution is 0.258. The lowest BCUT2D eigenvalue weighted by Gasteiger charge is -2.10. The van der Waals surface area contributed by atoms with Gasteiger partial charge in [0.25, 0.3) is 5.89 Å². The van der Waals surface area contributed by atoms with Crippen molar-refractivity contribution in [3.63, 3.8) is 0 Å². The highest BCUT2D eigenvalue weighted by atomic mass is 35.5. The second-order valence-corrected chi connectivity index (χ2v) is 7.57. The van der Waals surface area contributed by atoms with Gasteiger partial charge in [0.15, 0.2) is 6.61 Å². The summed E-state index contributed by atoms with van der Waals surface area (Å²) in [7, 11) is 0. The number of ether oxygens (including phenoxy) is 1. The molecule has 0 N–H and O–H groups in total. The third kappa shape index (κ3) is 4.48. The maximum absolute atomic E-state index is 14.7. The van der Waals surface area contributed by atoms with Gasteiger partial charge in [0, 0.05) is 10.6 Å². The molecule has 1 heterocycles. The fourth-order valence-corrected chi connectivity index (χ4v) is 3.49. The minimum Gasteiger partial charge on any atom is -0.482 e. The summed E-state index contributed by atoms with van der Waals surface area (Å²) in [5.74, 6) is 0.565. The van der Waals surface area contributed by atoms with E-state index in [1.54, 1.807) is 24.3 Å². The number of hydrogen-bond donors (Lipinski definition) is 0. The van der Waals surface area contributed by atoms with E-state index in [2.05, 4.69) is 10.2 Å². The first-order chi connectivity index (χ1) is 14.5. The second-order valence-electron chi connectivity index (χ2n) is 6.72. The van der Waals surface area contributed by atoms with Crippen molar-refractivity contribution in [3.8, 4) is 16.9 Å². The molecule has 0 amide bonds. The van der Waals surface area contributed by atoms with Gasteiger partial charge in [0.2, 0.25) is 5.89 Å². The quantitative estimate of drug-likeness (QED) is 0.325. The number of nitrogens with zero attached hydrogens (tertiary/aromatic N) is 2. The fraction of sp³-hybridized carbons (Fsp3) is 0.130. The molecule has 30 heavy (non-hydrogen) atoms. The molecule has 0 bridgehead atoms. The molecule has 152 valence electrons. The van der Waals surface area contributed by atoms with Crippen molar-refractivity contribution in [2.45, 2.75) is 19.4 Å². The maximum atomic E-state index is 14.7. The third-order valence-electron chi connectivity index (χ3n) is 4.68. The number of halogens is 3. The van der Waals surface area contributed by atoms with E-state index < -0.39 is 0 Å². The Morgan fingerprint density at radius 2 is 1.80 bits per heavy atom. The predicted octanol–water partition coefficient (Wildman–Crippen LogP) is 6.91. The zero-order chi connectivity index (χ0) is 21.1. The molecule has 1 unspecified atom stereocenters. The Morgan fingerprint density at radius 3 is 2.53 bits per heavy atom. The van der Waals surface area contributed by atoms with Crippen molar-refractivity contribution in [2.75, 3.05) is 0 Å². The van der Waals surface area contributed by atoms with Crippen LogP contribution in [0.1, 0.15) is 30.2 Å². The zero-order valence-electron chi connectivity index (χ0n) is 16.0. The minimum absolute atomic E-state index is 0.0579. The van der Waals surface area contributed by atoms with Crippen molar-refractivity contribution in [1.82, 2.24) is 10.2 Å². The van der Waals surface area contributed by atoms with Gasteiger partial charge >= 0.3 is 0 Å². The van der Waals surface area contributed by atoms with Gasteiger partial charge in [-0.05, 0) is 42.3 Å². The Hall–Kier alpha value is -2.89. The van der Waals surface area contributed by atoms with Gasteiger partial charge < -0.3 is 9.15 Å². The predicted molar refractivity (Wildman–Crippen MR) is 114 cm³/mol. The summed E-state index contributed by atoms with van der Waals surface area (Å²) in [4.78, 5) is 0. The summed E-state index contributed by atoms with van der Waals surface area (Å²) >= 11 is 12.0. The maximum Gasteiger partial charge on any atom is 0.253 e. The summed E-state index contributed by atoms with van der Waals surface area (Å²) in [6.07, 6.45) is 0. The molecule has 3 aromatic carbocycles. The standard InChI is InChI=1S/C23H17Cl2FN2O2/c1-14(16-7-9-18(20(26)11-16)15-5-3-2-4-6-15)23-28-27-22(30-23)13-29-21-10-8-17(24)12-19(21)25/h2-12,14H,13H2,1H3. The van der Waals surface area contributed by atoms with Crippen molar-refractivity contribution in [2.24, 2.45) is 0 Å². The molecule has 4 nitrogen and oxygen atoms in total. The average molecular weight is 443 g/mol. The van der Waals surface area contributed by atoms with Crippen LogP contribution in [0, 0.1) is 5.82 Å². The molecule has 0 aliphatic rings. The number of aromatic nitrogens is 2. The molecule has 4 aromatic rings. The molecule has 0 fully saturated rings. The highest BCUT2D eigenvalue weighted by molar-refractivity contribution is 6.35. The van der Waals surface area contributed by atoms with Crippen LogP contribution in [-0.2, 0) is 6.61 Å². The van der Waals surface area contributed by atoms with Crippen LogP contribution in [0.5, 0.6) is 5.75 Å². The van der Waals surface area contributed by atoms with E-state index in [0.717, 1.165) is 11.1 Å². The van der Waals surface area contributed by atoms with E-state index in [4.69, 9.17) is 32.4 Å². The number of rotatable bonds is 6. The molecule has 0 saturated heterocycles. The number of benzene rings is 3. The topological polar surface area (TPSA) is 48.2 Å². The molecule has 0 saturated carbocycles. The average Bonchev–Trinajstić information content (AvgIpc) is 3.22. The van der Waals surface area contributed by atoms with Gasteiger partial charge in [-0.15, -0.1) is 10.2 Å². The van der Waals surface area contributed by atoms with E-state index in [-0.39, 0.29) is 18.3 Å². The van der Waals surface area contributed by atoms with Crippen LogP contribution < -0.4 is 4.74 Å². The molecule has 4 rings (SSSR count). The highest BCUT2D eigenvalue weighted by Gasteiger charge is 2.18. The van der Waals surface area contributed by atoms with E-state index in [1.807, 2.05) is 43.3 Å². The summed E-state index contributed by atoms with van der Waals surface area (Å²) in [6, 6.07) is 19.5. The molecular formula is C23H17Cl2FN2O2. The number of hydrogen-bond acceptors (Lipinski definition) is 4. The fourth-order valence-electron chi connectivity index (χ4n) is 3.03. The minimum atomic E-state index is -0.300. The molecular weight excluding hydrogens is 426 g/mol. The van der Waals surface area contributed by atoms with Crippen LogP contribution in [0.25, 0.3) is 11.1 Å². The van der Waals surface area contributed by atoms with Crippen LogP contribution >= 0.6 is 23.2 Å². The smallest absolute Gasteiger partial charge is 0.253 e. The first-order valence-electron chi connectivity index (χ1n) is 9.26. The summed E-state index contributed by atoms with van der Waals surface area (Å²) in [6.45, 7) is 1.94. The van der Waals surface area contributed by atoms with Crippen LogP contribution in [0.3, 0.4) is 0 Å². The summed E-state index contributed by atoms with van der Waals surface area (Å²) in [5.41, 5.74) is 2.11. The monoisotopic (exact) mass is 442 g/mol. The van der Waals surface area contributed by atoms with Crippen molar-refractivity contribution in [3.05, 3.63) is 99.9 Å². The second kappa shape index (κ2) is 8.86. The van der Waals surface area contributed by atoms with E-state index in [0.29, 0.717) is 33.1 Å². The summed E-state index contributed by atoms with van der Waals surface area (Å²) < 4.78 is 26.0. The van der Waals surface area contributed by atoms with Crippen LogP contribution in [0.4, 0.5) is 4.39 Å². The van der Waals surface area contributed by atoms with Gasteiger partial charge in [-0.3, -0.25) is 0 Å². The van der Waals surface area contributed by atoms with E-state index in [1.165, 1.54) is 6.07 Å².